The minimum absolute atomic E-state index is 0.213. The lowest BCUT2D eigenvalue weighted by atomic mass is 10.0. The molecule has 0 unspecified atom stereocenters. The molecule has 0 saturated carbocycles. The molecule has 5 heteroatoms. The summed E-state index contributed by atoms with van der Waals surface area (Å²) >= 11 is 0. The van der Waals surface area contributed by atoms with Crippen LogP contribution in [0.4, 0.5) is 0 Å². The molecule has 5 nitrogen and oxygen atoms in total. The van der Waals surface area contributed by atoms with Crippen LogP contribution in [-0.4, -0.2) is 38.9 Å². The number of aromatic nitrogens is 3. The summed E-state index contributed by atoms with van der Waals surface area (Å²) in [5.74, 6) is 0.213. The number of carbonyl (C=O) groups is 1. The number of piperidine rings is 1. The van der Waals surface area contributed by atoms with E-state index in [-0.39, 0.29) is 5.91 Å². The van der Waals surface area contributed by atoms with Crippen molar-refractivity contribution in [3.05, 3.63) is 60.7 Å². The van der Waals surface area contributed by atoms with Crippen molar-refractivity contribution < 1.29 is 4.79 Å². The number of likely N-dealkylation sites (tertiary alicyclic amines) is 1. The maximum Gasteiger partial charge on any atom is 0.224 e. The number of benzene rings is 2. The van der Waals surface area contributed by atoms with Crippen LogP contribution in [0.15, 0.2) is 60.7 Å². The van der Waals surface area contributed by atoms with Gasteiger partial charge in [-0.3, -0.25) is 4.79 Å². The van der Waals surface area contributed by atoms with Gasteiger partial charge in [0.15, 0.2) is 0 Å². The second-order valence-electron chi connectivity index (χ2n) is 6.93. The predicted octanol–water partition coefficient (Wildman–Crippen LogP) is 4.01. The third-order valence-corrected chi connectivity index (χ3v) is 5.08. The maximum absolute atomic E-state index is 12.6. The molecule has 1 amide bonds. The van der Waals surface area contributed by atoms with Gasteiger partial charge in [-0.15, -0.1) is 5.10 Å². The SMILES string of the molecule is O=C(CCn1nnc(-c2ccccc2)c1-c1ccccc1)N1CCCCC1. The Balaban J connectivity index is 1.61. The second-order valence-corrected chi connectivity index (χ2v) is 6.93. The van der Waals surface area contributed by atoms with Crippen LogP contribution in [0.2, 0.25) is 0 Å². The molecular formula is C22H24N4O. The summed E-state index contributed by atoms with van der Waals surface area (Å²) in [5, 5.41) is 8.82. The molecule has 0 aliphatic carbocycles. The van der Waals surface area contributed by atoms with Crippen molar-refractivity contribution in [3.63, 3.8) is 0 Å². The zero-order valence-corrected chi connectivity index (χ0v) is 15.4. The molecule has 1 fully saturated rings. The van der Waals surface area contributed by atoms with Crippen LogP contribution in [-0.2, 0) is 11.3 Å². The highest BCUT2D eigenvalue weighted by Gasteiger charge is 2.20. The second kappa shape index (κ2) is 8.16. The standard InChI is InChI=1S/C22H24N4O/c27-20(25-15-8-3-9-16-25)14-17-26-22(19-12-6-2-7-13-19)21(23-24-26)18-10-4-1-5-11-18/h1-2,4-7,10-13H,3,8-9,14-17H2. The lowest BCUT2D eigenvalue weighted by Crippen LogP contribution is -2.36. The van der Waals surface area contributed by atoms with Crippen molar-refractivity contribution in [2.75, 3.05) is 13.1 Å². The third kappa shape index (κ3) is 3.92. The van der Waals surface area contributed by atoms with E-state index in [9.17, 15) is 4.79 Å². The molecule has 1 saturated heterocycles. The van der Waals surface area contributed by atoms with E-state index in [1.54, 1.807) is 0 Å². The van der Waals surface area contributed by atoms with Crippen LogP contribution in [0.1, 0.15) is 25.7 Å². The van der Waals surface area contributed by atoms with Crippen molar-refractivity contribution >= 4 is 5.91 Å². The summed E-state index contributed by atoms with van der Waals surface area (Å²) < 4.78 is 1.87. The first-order chi connectivity index (χ1) is 13.3. The average molecular weight is 360 g/mol. The Kier molecular flexibility index (Phi) is 5.28. The summed E-state index contributed by atoms with van der Waals surface area (Å²) in [6.07, 6.45) is 3.91. The monoisotopic (exact) mass is 360 g/mol. The number of rotatable bonds is 5. The first-order valence-corrected chi connectivity index (χ1v) is 9.65. The highest BCUT2D eigenvalue weighted by atomic mass is 16.2. The summed E-state index contributed by atoms with van der Waals surface area (Å²) in [4.78, 5) is 14.5. The van der Waals surface area contributed by atoms with Gasteiger partial charge in [0.25, 0.3) is 0 Å². The lowest BCUT2D eigenvalue weighted by Gasteiger charge is -2.26. The maximum atomic E-state index is 12.6. The van der Waals surface area contributed by atoms with E-state index in [2.05, 4.69) is 22.4 Å². The van der Waals surface area contributed by atoms with Crippen LogP contribution in [0.5, 0.6) is 0 Å². The van der Waals surface area contributed by atoms with Gasteiger partial charge in [-0.2, -0.15) is 0 Å². The Morgan fingerprint density at radius 2 is 1.48 bits per heavy atom. The summed E-state index contributed by atoms with van der Waals surface area (Å²) in [5.41, 5.74) is 3.91. The molecule has 0 bridgehead atoms. The van der Waals surface area contributed by atoms with E-state index in [0.29, 0.717) is 13.0 Å². The molecule has 1 aliphatic heterocycles. The Morgan fingerprint density at radius 1 is 0.852 bits per heavy atom. The van der Waals surface area contributed by atoms with Gasteiger partial charge in [-0.25, -0.2) is 4.68 Å². The Labute approximate surface area is 159 Å². The molecule has 4 rings (SSSR count). The minimum atomic E-state index is 0.213. The van der Waals surface area contributed by atoms with E-state index in [1.165, 1.54) is 6.42 Å². The van der Waals surface area contributed by atoms with Crippen molar-refractivity contribution in [3.8, 4) is 22.5 Å². The Bertz CT molecular complexity index is 883. The molecule has 1 aliphatic rings. The molecule has 0 spiro atoms. The molecule has 2 aromatic carbocycles. The lowest BCUT2D eigenvalue weighted by molar-refractivity contribution is -0.132. The third-order valence-electron chi connectivity index (χ3n) is 5.08. The molecule has 0 N–H and O–H groups in total. The summed E-state index contributed by atoms with van der Waals surface area (Å²) in [7, 11) is 0. The molecule has 3 aromatic rings. The van der Waals surface area contributed by atoms with E-state index in [4.69, 9.17) is 0 Å². The smallest absolute Gasteiger partial charge is 0.224 e. The highest BCUT2D eigenvalue weighted by molar-refractivity contribution is 5.79. The Morgan fingerprint density at radius 3 is 2.15 bits per heavy atom. The number of hydrogen-bond acceptors (Lipinski definition) is 3. The van der Waals surface area contributed by atoms with E-state index in [1.807, 2.05) is 58.1 Å². The van der Waals surface area contributed by atoms with Crippen molar-refractivity contribution in [2.24, 2.45) is 0 Å². The molecule has 138 valence electrons. The molecule has 27 heavy (non-hydrogen) atoms. The largest absolute Gasteiger partial charge is 0.343 e. The Hall–Kier alpha value is -2.95. The van der Waals surface area contributed by atoms with Crippen molar-refractivity contribution in [2.45, 2.75) is 32.2 Å². The quantitative estimate of drug-likeness (QED) is 0.691. The minimum Gasteiger partial charge on any atom is -0.343 e. The fraction of sp³-hybridized carbons (Fsp3) is 0.318. The van der Waals surface area contributed by atoms with Crippen LogP contribution < -0.4 is 0 Å². The number of nitrogens with zero attached hydrogens (tertiary/aromatic N) is 4. The van der Waals surface area contributed by atoms with E-state index >= 15 is 0 Å². The first-order valence-electron chi connectivity index (χ1n) is 9.65. The number of aryl methyl sites for hydroxylation is 1. The van der Waals surface area contributed by atoms with Crippen LogP contribution in [0, 0.1) is 0 Å². The number of carbonyl (C=O) groups excluding carboxylic acids is 1. The van der Waals surface area contributed by atoms with Gasteiger partial charge in [0.2, 0.25) is 5.91 Å². The first kappa shape index (κ1) is 17.5. The molecular weight excluding hydrogens is 336 g/mol. The van der Waals surface area contributed by atoms with Gasteiger partial charge in [-0.1, -0.05) is 65.9 Å². The van der Waals surface area contributed by atoms with Crippen molar-refractivity contribution in [1.29, 1.82) is 0 Å². The van der Waals surface area contributed by atoms with Crippen LogP contribution in [0.3, 0.4) is 0 Å². The molecule has 2 heterocycles. The highest BCUT2D eigenvalue weighted by Crippen LogP contribution is 2.30. The molecule has 1 aromatic heterocycles. The summed E-state index contributed by atoms with van der Waals surface area (Å²) in [6, 6.07) is 20.2. The normalized spacial score (nSPS) is 14.3. The average Bonchev–Trinajstić information content (AvgIpc) is 3.18. The predicted molar refractivity (Wildman–Crippen MR) is 106 cm³/mol. The van der Waals surface area contributed by atoms with Crippen LogP contribution >= 0.6 is 0 Å². The van der Waals surface area contributed by atoms with Gasteiger partial charge in [-0.05, 0) is 19.3 Å². The topological polar surface area (TPSA) is 51.0 Å². The zero-order chi connectivity index (χ0) is 18.5. The zero-order valence-electron chi connectivity index (χ0n) is 15.4. The van der Waals surface area contributed by atoms with E-state index < -0.39 is 0 Å². The fourth-order valence-corrected chi connectivity index (χ4v) is 3.64. The summed E-state index contributed by atoms with van der Waals surface area (Å²) in [6.45, 7) is 2.31. The number of hydrogen-bond donors (Lipinski definition) is 0. The van der Waals surface area contributed by atoms with Gasteiger partial charge in [0, 0.05) is 30.6 Å². The van der Waals surface area contributed by atoms with E-state index in [0.717, 1.165) is 48.4 Å². The van der Waals surface area contributed by atoms with Crippen molar-refractivity contribution in [1.82, 2.24) is 19.9 Å². The van der Waals surface area contributed by atoms with Gasteiger partial charge in [0.1, 0.15) is 5.69 Å². The molecule has 0 atom stereocenters. The van der Waals surface area contributed by atoms with Crippen LogP contribution in [0.25, 0.3) is 22.5 Å². The molecule has 0 radical (unpaired) electrons. The van der Waals surface area contributed by atoms with Gasteiger partial charge >= 0.3 is 0 Å². The van der Waals surface area contributed by atoms with Gasteiger partial charge < -0.3 is 4.90 Å². The number of amides is 1. The fourth-order valence-electron chi connectivity index (χ4n) is 3.64. The van der Waals surface area contributed by atoms with Gasteiger partial charge in [0.05, 0.1) is 12.2 Å².